The first-order valence-electron chi connectivity index (χ1n) is 4.58. The first-order valence-corrected chi connectivity index (χ1v) is 4.58. The van der Waals surface area contributed by atoms with Crippen molar-refractivity contribution in [3.8, 4) is 0 Å². The van der Waals surface area contributed by atoms with E-state index in [2.05, 4.69) is 17.0 Å². The molecule has 3 nitrogen and oxygen atoms in total. The molecule has 0 radical (unpaired) electrons. The van der Waals surface area contributed by atoms with Crippen LogP contribution < -0.4 is 5.32 Å². The lowest BCUT2D eigenvalue weighted by atomic mass is 10.2. The van der Waals surface area contributed by atoms with Crippen LogP contribution in [0.1, 0.15) is 32.6 Å². The highest BCUT2D eigenvalue weighted by atomic mass is 35.5. The van der Waals surface area contributed by atoms with Gasteiger partial charge in [-0.05, 0) is 13.0 Å². The monoisotopic (exact) mass is 209 g/mol. The SMILES string of the molecule is CCCCCCNCC(=O)OC.Cl. The zero-order valence-corrected chi connectivity index (χ0v) is 9.28. The van der Waals surface area contributed by atoms with Gasteiger partial charge in [0.25, 0.3) is 0 Å². The van der Waals surface area contributed by atoms with Crippen molar-refractivity contribution in [2.75, 3.05) is 20.2 Å². The predicted octanol–water partition coefficient (Wildman–Crippen LogP) is 1.75. The molecule has 0 unspecified atom stereocenters. The van der Waals surface area contributed by atoms with Crippen LogP contribution in [0.2, 0.25) is 0 Å². The summed E-state index contributed by atoms with van der Waals surface area (Å²) in [6, 6.07) is 0. The van der Waals surface area contributed by atoms with Gasteiger partial charge in [-0.3, -0.25) is 4.79 Å². The van der Waals surface area contributed by atoms with E-state index in [9.17, 15) is 4.79 Å². The van der Waals surface area contributed by atoms with Crippen molar-refractivity contribution in [1.29, 1.82) is 0 Å². The fraction of sp³-hybridized carbons (Fsp3) is 0.889. The van der Waals surface area contributed by atoms with E-state index in [1.807, 2.05) is 0 Å². The largest absolute Gasteiger partial charge is 0.468 e. The number of methoxy groups -OCH3 is 1. The van der Waals surface area contributed by atoms with Gasteiger partial charge >= 0.3 is 5.97 Å². The van der Waals surface area contributed by atoms with Gasteiger partial charge in [-0.25, -0.2) is 0 Å². The van der Waals surface area contributed by atoms with Crippen LogP contribution in [0.3, 0.4) is 0 Å². The minimum Gasteiger partial charge on any atom is -0.468 e. The molecule has 1 N–H and O–H groups in total. The van der Waals surface area contributed by atoms with Crippen LogP contribution in [0.15, 0.2) is 0 Å². The minimum absolute atomic E-state index is 0. The Morgan fingerprint density at radius 1 is 1.31 bits per heavy atom. The molecule has 80 valence electrons. The summed E-state index contributed by atoms with van der Waals surface area (Å²) in [4.78, 5) is 10.6. The number of nitrogens with one attached hydrogen (secondary N) is 1. The third-order valence-corrected chi connectivity index (χ3v) is 1.70. The highest BCUT2D eigenvalue weighted by molar-refractivity contribution is 5.85. The van der Waals surface area contributed by atoms with Crippen molar-refractivity contribution in [2.45, 2.75) is 32.6 Å². The lowest BCUT2D eigenvalue weighted by Gasteiger charge is -2.02. The number of carbonyl (C=O) groups is 1. The molecule has 0 aliphatic heterocycles. The van der Waals surface area contributed by atoms with Crippen molar-refractivity contribution in [2.24, 2.45) is 0 Å². The molecule has 0 rings (SSSR count). The van der Waals surface area contributed by atoms with Gasteiger partial charge in [0.2, 0.25) is 0 Å². The lowest BCUT2D eigenvalue weighted by Crippen LogP contribution is -2.24. The van der Waals surface area contributed by atoms with Gasteiger partial charge in [0, 0.05) is 0 Å². The van der Waals surface area contributed by atoms with E-state index in [0.717, 1.165) is 13.0 Å². The molecule has 0 fully saturated rings. The van der Waals surface area contributed by atoms with E-state index in [1.165, 1.54) is 26.4 Å². The second-order valence-electron chi connectivity index (χ2n) is 2.81. The fourth-order valence-corrected chi connectivity index (χ4v) is 0.939. The van der Waals surface area contributed by atoms with Crippen LogP contribution in [-0.2, 0) is 9.53 Å². The molecule has 0 amide bonds. The Kier molecular flexibility index (Phi) is 13.7. The summed E-state index contributed by atoms with van der Waals surface area (Å²) in [5, 5.41) is 3.02. The molecule has 0 spiro atoms. The average Bonchev–Trinajstić information content (AvgIpc) is 2.10. The maximum absolute atomic E-state index is 10.6. The number of esters is 1. The van der Waals surface area contributed by atoms with E-state index in [-0.39, 0.29) is 18.4 Å². The summed E-state index contributed by atoms with van der Waals surface area (Å²) in [5.74, 6) is -0.189. The highest BCUT2D eigenvalue weighted by Crippen LogP contribution is 1.96. The van der Waals surface area contributed by atoms with E-state index in [0.29, 0.717) is 6.54 Å². The van der Waals surface area contributed by atoms with Crippen molar-refractivity contribution < 1.29 is 9.53 Å². The summed E-state index contributed by atoms with van der Waals surface area (Å²) in [7, 11) is 1.40. The number of hydrogen-bond donors (Lipinski definition) is 1. The Balaban J connectivity index is 0. The molecule has 0 saturated carbocycles. The molecule has 0 atom stereocenters. The number of halogens is 1. The summed E-state index contributed by atoms with van der Waals surface area (Å²) in [6.07, 6.45) is 4.91. The van der Waals surface area contributed by atoms with Gasteiger partial charge in [-0.2, -0.15) is 0 Å². The Morgan fingerprint density at radius 3 is 2.54 bits per heavy atom. The topological polar surface area (TPSA) is 38.3 Å². The first-order chi connectivity index (χ1) is 5.81. The molecule has 4 heteroatoms. The predicted molar refractivity (Wildman–Crippen MR) is 56.3 cm³/mol. The van der Waals surface area contributed by atoms with Crippen molar-refractivity contribution in [3.63, 3.8) is 0 Å². The Morgan fingerprint density at radius 2 is 2.00 bits per heavy atom. The van der Waals surface area contributed by atoms with Gasteiger partial charge in [-0.1, -0.05) is 26.2 Å². The van der Waals surface area contributed by atoms with Gasteiger partial charge in [-0.15, -0.1) is 12.4 Å². The maximum Gasteiger partial charge on any atom is 0.319 e. The Hall–Kier alpha value is -0.280. The van der Waals surface area contributed by atoms with Gasteiger partial charge < -0.3 is 10.1 Å². The van der Waals surface area contributed by atoms with E-state index >= 15 is 0 Å². The molecule has 13 heavy (non-hydrogen) atoms. The normalized spacial score (nSPS) is 9.08. The second-order valence-corrected chi connectivity index (χ2v) is 2.81. The summed E-state index contributed by atoms with van der Waals surface area (Å²) in [5.41, 5.74) is 0. The van der Waals surface area contributed by atoms with Crippen LogP contribution in [0.4, 0.5) is 0 Å². The molecule has 0 heterocycles. The molecular weight excluding hydrogens is 190 g/mol. The molecular formula is C9H20ClNO2. The number of rotatable bonds is 7. The number of hydrogen-bond acceptors (Lipinski definition) is 3. The van der Waals surface area contributed by atoms with E-state index in [4.69, 9.17) is 0 Å². The van der Waals surface area contributed by atoms with Crippen LogP contribution in [0, 0.1) is 0 Å². The van der Waals surface area contributed by atoms with Crippen molar-refractivity contribution >= 4 is 18.4 Å². The number of carbonyl (C=O) groups excluding carboxylic acids is 1. The summed E-state index contributed by atoms with van der Waals surface area (Å²) >= 11 is 0. The zero-order valence-electron chi connectivity index (χ0n) is 8.47. The van der Waals surface area contributed by atoms with Gasteiger partial charge in [0.1, 0.15) is 0 Å². The van der Waals surface area contributed by atoms with Crippen LogP contribution >= 0.6 is 12.4 Å². The standard InChI is InChI=1S/C9H19NO2.ClH/c1-3-4-5-6-7-10-8-9(11)12-2;/h10H,3-8H2,1-2H3;1H. The number of unbranched alkanes of at least 4 members (excludes halogenated alkanes) is 3. The average molecular weight is 210 g/mol. The second kappa shape index (κ2) is 11.7. The molecule has 0 aromatic heterocycles. The highest BCUT2D eigenvalue weighted by Gasteiger charge is 1.96. The molecule has 0 aliphatic carbocycles. The maximum atomic E-state index is 10.6. The Bertz CT molecular complexity index is 120. The van der Waals surface area contributed by atoms with Crippen LogP contribution in [0.25, 0.3) is 0 Å². The van der Waals surface area contributed by atoms with Crippen LogP contribution in [-0.4, -0.2) is 26.2 Å². The minimum atomic E-state index is -0.189. The quantitative estimate of drug-likeness (QED) is 0.513. The Labute approximate surface area is 86.6 Å². The van der Waals surface area contributed by atoms with Gasteiger partial charge in [0.05, 0.1) is 13.7 Å². The molecule has 0 saturated heterocycles. The molecule has 0 aromatic carbocycles. The number of ether oxygens (including phenoxy) is 1. The third-order valence-electron chi connectivity index (χ3n) is 1.70. The lowest BCUT2D eigenvalue weighted by molar-refractivity contribution is -0.139. The zero-order chi connectivity index (χ0) is 9.23. The third kappa shape index (κ3) is 11.7. The molecule has 0 aliphatic rings. The molecule has 0 aromatic rings. The van der Waals surface area contributed by atoms with E-state index in [1.54, 1.807) is 0 Å². The van der Waals surface area contributed by atoms with Gasteiger partial charge in [0.15, 0.2) is 0 Å². The fourth-order valence-electron chi connectivity index (χ4n) is 0.939. The smallest absolute Gasteiger partial charge is 0.319 e. The first kappa shape index (κ1) is 15.2. The van der Waals surface area contributed by atoms with Crippen LogP contribution in [0.5, 0.6) is 0 Å². The van der Waals surface area contributed by atoms with E-state index < -0.39 is 0 Å². The summed E-state index contributed by atoms with van der Waals surface area (Å²) in [6.45, 7) is 3.43. The van der Waals surface area contributed by atoms with Crippen molar-refractivity contribution in [3.05, 3.63) is 0 Å². The van der Waals surface area contributed by atoms with Crippen molar-refractivity contribution in [1.82, 2.24) is 5.32 Å². The molecule has 0 bridgehead atoms. The summed E-state index contributed by atoms with van der Waals surface area (Å²) < 4.78 is 4.48.